The Morgan fingerprint density at radius 1 is 1.32 bits per heavy atom. The number of carbonyl (C=O) groups is 2. The van der Waals surface area contributed by atoms with Crippen LogP contribution in [-0.2, 0) is 16.1 Å². The first-order chi connectivity index (χ1) is 11.7. The van der Waals surface area contributed by atoms with E-state index in [0.29, 0.717) is 25.9 Å². The van der Waals surface area contributed by atoms with Crippen LogP contribution in [0.1, 0.15) is 36.5 Å². The molecule has 6 heteroatoms. The zero-order valence-corrected chi connectivity index (χ0v) is 15.8. The van der Waals surface area contributed by atoms with E-state index >= 15 is 0 Å². The van der Waals surface area contributed by atoms with Gasteiger partial charge in [0, 0.05) is 27.1 Å². The number of hydrogen-bond donors (Lipinski definition) is 1. The lowest BCUT2D eigenvalue weighted by atomic mass is 9.91. The van der Waals surface area contributed by atoms with Gasteiger partial charge in [-0.15, -0.1) is 0 Å². The Bertz CT molecular complexity index is 650. The van der Waals surface area contributed by atoms with E-state index < -0.39 is 5.60 Å². The number of rotatable bonds is 4. The molecule has 1 fully saturated rings. The van der Waals surface area contributed by atoms with Gasteiger partial charge in [-0.2, -0.15) is 0 Å². The Labute approximate surface area is 149 Å². The van der Waals surface area contributed by atoms with E-state index in [1.165, 1.54) is 16.7 Å². The van der Waals surface area contributed by atoms with Crippen molar-refractivity contribution in [2.24, 2.45) is 0 Å². The van der Waals surface area contributed by atoms with Crippen LogP contribution in [0, 0.1) is 13.8 Å². The SMILES string of the molecule is COc1c(C)cc(CN(C)C(=O)C2(O)CCCN(C(C)=O)C2)cc1C. The van der Waals surface area contributed by atoms with Crippen LogP contribution in [-0.4, -0.2) is 59.6 Å². The Kier molecular flexibility index (Phi) is 5.72. The lowest BCUT2D eigenvalue weighted by Crippen LogP contribution is -2.58. The van der Waals surface area contributed by atoms with Crippen molar-refractivity contribution >= 4 is 11.8 Å². The van der Waals surface area contributed by atoms with Crippen molar-refractivity contribution in [2.45, 2.75) is 45.8 Å². The van der Waals surface area contributed by atoms with Crippen molar-refractivity contribution in [2.75, 3.05) is 27.2 Å². The quantitative estimate of drug-likeness (QED) is 0.898. The normalized spacial score (nSPS) is 20.3. The van der Waals surface area contributed by atoms with Crippen molar-refractivity contribution in [3.05, 3.63) is 28.8 Å². The van der Waals surface area contributed by atoms with Gasteiger partial charge < -0.3 is 19.6 Å². The molecule has 1 aromatic carbocycles. The fourth-order valence-electron chi connectivity index (χ4n) is 3.63. The van der Waals surface area contributed by atoms with E-state index in [1.54, 1.807) is 14.2 Å². The molecule has 0 saturated carbocycles. The molecule has 0 aliphatic carbocycles. The minimum Gasteiger partial charge on any atom is -0.496 e. The molecule has 25 heavy (non-hydrogen) atoms. The van der Waals surface area contributed by atoms with Gasteiger partial charge in [-0.05, 0) is 43.4 Å². The Morgan fingerprint density at radius 3 is 2.44 bits per heavy atom. The van der Waals surface area contributed by atoms with Gasteiger partial charge in [0.15, 0.2) is 5.60 Å². The molecule has 1 unspecified atom stereocenters. The summed E-state index contributed by atoms with van der Waals surface area (Å²) < 4.78 is 5.37. The maximum absolute atomic E-state index is 12.8. The number of ether oxygens (including phenoxy) is 1. The molecule has 6 nitrogen and oxygen atoms in total. The van der Waals surface area contributed by atoms with Gasteiger partial charge in [0.1, 0.15) is 5.75 Å². The number of likely N-dealkylation sites (tertiary alicyclic amines) is 1. The van der Waals surface area contributed by atoms with E-state index in [0.717, 1.165) is 22.4 Å². The standard InChI is InChI=1S/C19H28N2O4/c1-13-9-16(10-14(2)17(13)25-5)11-20(4)18(23)19(24)7-6-8-21(12-19)15(3)22/h9-10,24H,6-8,11-12H2,1-5H3. The summed E-state index contributed by atoms with van der Waals surface area (Å²) in [5, 5.41) is 10.8. The summed E-state index contributed by atoms with van der Waals surface area (Å²) in [7, 11) is 3.33. The molecule has 1 aliphatic rings. The maximum Gasteiger partial charge on any atom is 0.256 e. The average molecular weight is 348 g/mol. The van der Waals surface area contributed by atoms with Crippen LogP contribution in [0.15, 0.2) is 12.1 Å². The van der Waals surface area contributed by atoms with Gasteiger partial charge in [-0.25, -0.2) is 0 Å². The fourth-order valence-corrected chi connectivity index (χ4v) is 3.63. The molecule has 2 rings (SSSR count). The number of benzene rings is 1. The molecule has 1 atom stereocenters. The van der Waals surface area contributed by atoms with E-state index in [4.69, 9.17) is 4.74 Å². The molecular weight excluding hydrogens is 320 g/mol. The zero-order valence-electron chi connectivity index (χ0n) is 15.8. The summed E-state index contributed by atoms with van der Waals surface area (Å²) in [6, 6.07) is 3.98. The number of likely N-dealkylation sites (N-methyl/N-ethyl adjacent to an activating group) is 1. The number of carbonyl (C=O) groups excluding carboxylic acids is 2. The second kappa shape index (κ2) is 7.44. The van der Waals surface area contributed by atoms with Crippen LogP contribution in [0.25, 0.3) is 0 Å². The molecule has 0 aromatic heterocycles. The number of amides is 2. The van der Waals surface area contributed by atoms with E-state index in [-0.39, 0.29) is 18.4 Å². The van der Waals surface area contributed by atoms with Crippen LogP contribution < -0.4 is 4.74 Å². The molecule has 1 aromatic rings. The summed E-state index contributed by atoms with van der Waals surface area (Å²) in [5.41, 5.74) is 1.50. The average Bonchev–Trinajstić information content (AvgIpc) is 2.53. The highest BCUT2D eigenvalue weighted by Gasteiger charge is 2.42. The largest absolute Gasteiger partial charge is 0.496 e. The van der Waals surface area contributed by atoms with Crippen LogP contribution in [0.5, 0.6) is 5.75 Å². The fraction of sp³-hybridized carbons (Fsp3) is 0.579. The third-order valence-corrected chi connectivity index (χ3v) is 4.80. The lowest BCUT2D eigenvalue weighted by Gasteiger charge is -2.39. The monoisotopic (exact) mass is 348 g/mol. The number of nitrogens with zero attached hydrogens (tertiary/aromatic N) is 2. The predicted octanol–water partition coefficient (Wildman–Crippen LogP) is 1.64. The smallest absolute Gasteiger partial charge is 0.256 e. The number of piperidine rings is 1. The minimum atomic E-state index is -1.50. The third-order valence-electron chi connectivity index (χ3n) is 4.80. The summed E-state index contributed by atoms with van der Waals surface area (Å²) in [5.74, 6) is 0.389. The van der Waals surface area contributed by atoms with Crippen LogP contribution >= 0.6 is 0 Å². The number of hydrogen-bond acceptors (Lipinski definition) is 4. The molecular formula is C19H28N2O4. The molecule has 0 radical (unpaired) electrons. The van der Waals surface area contributed by atoms with Gasteiger partial charge in [-0.3, -0.25) is 9.59 Å². The highest BCUT2D eigenvalue weighted by atomic mass is 16.5. The van der Waals surface area contributed by atoms with Crippen LogP contribution in [0.4, 0.5) is 0 Å². The first-order valence-electron chi connectivity index (χ1n) is 8.55. The van der Waals surface area contributed by atoms with Crippen molar-refractivity contribution < 1.29 is 19.4 Å². The zero-order chi connectivity index (χ0) is 18.8. The van der Waals surface area contributed by atoms with Gasteiger partial charge in [0.2, 0.25) is 5.91 Å². The Morgan fingerprint density at radius 2 is 1.92 bits per heavy atom. The first kappa shape index (κ1) is 19.2. The summed E-state index contributed by atoms with van der Waals surface area (Å²) >= 11 is 0. The predicted molar refractivity (Wildman–Crippen MR) is 95.4 cm³/mol. The second-order valence-electron chi connectivity index (χ2n) is 7.00. The third kappa shape index (κ3) is 4.12. The van der Waals surface area contributed by atoms with Crippen molar-refractivity contribution in [1.82, 2.24) is 9.80 Å². The maximum atomic E-state index is 12.8. The highest BCUT2D eigenvalue weighted by molar-refractivity contribution is 5.86. The Hall–Kier alpha value is -2.08. The number of aliphatic hydroxyl groups is 1. The first-order valence-corrected chi connectivity index (χ1v) is 8.55. The van der Waals surface area contributed by atoms with E-state index in [1.807, 2.05) is 26.0 Å². The summed E-state index contributed by atoms with van der Waals surface area (Å²) in [6.07, 6.45) is 0.997. The number of methoxy groups -OCH3 is 1. The lowest BCUT2D eigenvalue weighted by molar-refractivity contribution is -0.159. The molecule has 2 amide bonds. The Balaban J connectivity index is 2.13. The van der Waals surface area contributed by atoms with Gasteiger partial charge in [-0.1, -0.05) is 12.1 Å². The van der Waals surface area contributed by atoms with Crippen molar-refractivity contribution in [3.8, 4) is 5.75 Å². The van der Waals surface area contributed by atoms with Crippen LogP contribution in [0.3, 0.4) is 0 Å². The second-order valence-corrected chi connectivity index (χ2v) is 7.00. The van der Waals surface area contributed by atoms with Crippen molar-refractivity contribution in [1.29, 1.82) is 0 Å². The molecule has 1 aliphatic heterocycles. The molecule has 0 bridgehead atoms. The van der Waals surface area contributed by atoms with Gasteiger partial charge in [0.05, 0.1) is 13.7 Å². The molecule has 138 valence electrons. The molecule has 1 saturated heterocycles. The van der Waals surface area contributed by atoms with Crippen LogP contribution in [0.2, 0.25) is 0 Å². The number of β-amino-alcohol motifs (C(OH)–C–C–N with tert-alkyl or cyclic N) is 1. The highest BCUT2D eigenvalue weighted by Crippen LogP contribution is 2.27. The molecule has 0 spiro atoms. The topological polar surface area (TPSA) is 70.1 Å². The van der Waals surface area contributed by atoms with Gasteiger partial charge >= 0.3 is 0 Å². The number of aryl methyl sites for hydroxylation is 2. The molecule has 1 heterocycles. The van der Waals surface area contributed by atoms with E-state index in [9.17, 15) is 14.7 Å². The van der Waals surface area contributed by atoms with E-state index in [2.05, 4.69) is 0 Å². The minimum absolute atomic E-state index is 0.0617. The summed E-state index contributed by atoms with van der Waals surface area (Å²) in [6.45, 7) is 6.44. The molecule has 1 N–H and O–H groups in total. The van der Waals surface area contributed by atoms with Crippen molar-refractivity contribution in [3.63, 3.8) is 0 Å². The summed E-state index contributed by atoms with van der Waals surface area (Å²) in [4.78, 5) is 27.5. The van der Waals surface area contributed by atoms with Gasteiger partial charge in [0.25, 0.3) is 5.91 Å².